The van der Waals surface area contributed by atoms with E-state index in [1.165, 1.54) is 12.1 Å². The minimum Gasteiger partial charge on any atom is -0.340 e. The summed E-state index contributed by atoms with van der Waals surface area (Å²) in [6, 6.07) is 6.42. The fraction of sp³-hybridized carbons (Fsp3) is 0.632. The van der Waals surface area contributed by atoms with Crippen LogP contribution in [-0.2, 0) is 14.8 Å². The van der Waals surface area contributed by atoms with Crippen LogP contribution in [0, 0.1) is 5.41 Å². The Morgan fingerprint density at radius 3 is 2.26 bits per heavy atom. The molecular weight excluding hydrogens is 430 g/mol. The lowest BCUT2D eigenvalue weighted by Crippen LogP contribution is -2.49. The first-order valence-electron chi connectivity index (χ1n) is 9.32. The van der Waals surface area contributed by atoms with E-state index in [1.54, 1.807) is 12.1 Å². The van der Waals surface area contributed by atoms with Crippen molar-refractivity contribution in [2.24, 2.45) is 5.41 Å². The molecule has 1 aromatic carbocycles. The van der Waals surface area contributed by atoms with Gasteiger partial charge in [-0.1, -0.05) is 36.7 Å². The van der Waals surface area contributed by atoms with Crippen LogP contribution in [0.5, 0.6) is 0 Å². The van der Waals surface area contributed by atoms with Crippen molar-refractivity contribution >= 4 is 31.9 Å². The predicted octanol–water partition coefficient (Wildman–Crippen LogP) is 2.70. The van der Waals surface area contributed by atoms with Crippen molar-refractivity contribution in [3.8, 4) is 0 Å². The summed E-state index contributed by atoms with van der Waals surface area (Å²) in [4.78, 5) is 16.8. The molecule has 1 aromatic rings. The van der Waals surface area contributed by atoms with Crippen LogP contribution in [0.15, 0.2) is 33.6 Å². The first kappa shape index (κ1) is 22.3. The average molecular weight is 460 g/mol. The quantitative estimate of drug-likeness (QED) is 0.680. The van der Waals surface area contributed by atoms with Crippen molar-refractivity contribution in [2.75, 3.05) is 39.3 Å². The number of carbonyl (C=O) groups is 1. The Labute approximate surface area is 171 Å². The highest BCUT2D eigenvalue weighted by Crippen LogP contribution is 2.19. The molecule has 0 saturated carbocycles. The number of hydrogen-bond acceptors (Lipinski definition) is 4. The molecule has 0 spiro atoms. The van der Waals surface area contributed by atoms with Gasteiger partial charge in [0.1, 0.15) is 0 Å². The first-order chi connectivity index (χ1) is 12.6. The van der Waals surface area contributed by atoms with Crippen LogP contribution in [0.25, 0.3) is 0 Å². The summed E-state index contributed by atoms with van der Waals surface area (Å²) >= 11 is 3.28. The zero-order valence-corrected chi connectivity index (χ0v) is 18.8. The van der Waals surface area contributed by atoms with Crippen molar-refractivity contribution in [1.29, 1.82) is 0 Å². The third kappa shape index (κ3) is 7.52. The molecule has 152 valence electrons. The van der Waals surface area contributed by atoms with Crippen LogP contribution in [0.3, 0.4) is 0 Å². The molecule has 1 heterocycles. The van der Waals surface area contributed by atoms with Crippen LogP contribution >= 0.6 is 15.9 Å². The van der Waals surface area contributed by atoms with Crippen LogP contribution in [-0.4, -0.2) is 63.4 Å². The monoisotopic (exact) mass is 459 g/mol. The van der Waals surface area contributed by atoms with Gasteiger partial charge in [0.05, 0.1) is 4.90 Å². The van der Waals surface area contributed by atoms with Gasteiger partial charge in [-0.2, -0.15) is 0 Å². The van der Waals surface area contributed by atoms with E-state index >= 15 is 0 Å². The molecule has 0 unspecified atom stereocenters. The van der Waals surface area contributed by atoms with Gasteiger partial charge in [0.25, 0.3) is 0 Å². The van der Waals surface area contributed by atoms with E-state index in [2.05, 4.69) is 46.3 Å². The summed E-state index contributed by atoms with van der Waals surface area (Å²) in [6.07, 6.45) is 1.32. The fourth-order valence-corrected chi connectivity index (χ4v) is 4.16. The van der Waals surface area contributed by atoms with E-state index in [9.17, 15) is 13.2 Å². The maximum atomic E-state index is 12.4. The smallest absolute Gasteiger partial charge is 0.240 e. The topological polar surface area (TPSA) is 69.7 Å². The highest BCUT2D eigenvalue weighted by Gasteiger charge is 2.22. The molecule has 0 atom stereocenters. The Hall–Kier alpha value is -0.960. The van der Waals surface area contributed by atoms with Crippen molar-refractivity contribution in [2.45, 2.75) is 38.5 Å². The SMILES string of the molecule is CC(C)(C)CCN1CCN(C(=O)CCNS(=O)(=O)c2ccc(Br)cc2)CC1. The van der Waals surface area contributed by atoms with Gasteiger partial charge < -0.3 is 4.90 Å². The molecule has 6 nitrogen and oxygen atoms in total. The normalized spacial score (nSPS) is 16.5. The van der Waals surface area contributed by atoms with Gasteiger partial charge in [-0.05, 0) is 42.6 Å². The molecule has 1 aliphatic heterocycles. The molecule has 0 bridgehead atoms. The van der Waals surface area contributed by atoms with Crippen molar-refractivity contribution in [3.05, 3.63) is 28.7 Å². The van der Waals surface area contributed by atoms with E-state index in [-0.39, 0.29) is 23.8 Å². The molecule has 1 amide bonds. The van der Waals surface area contributed by atoms with E-state index in [0.29, 0.717) is 18.5 Å². The van der Waals surface area contributed by atoms with E-state index in [0.717, 1.165) is 30.5 Å². The number of rotatable bonds is 7. The second-order valence-electron chi connectivity index (χ2n) is 8.13. The largest absolute Gasteiger partial charge is 0.340 e. The van der Waals surface area contributed by atoms with Gasteiger partial charge >= 0.3 is 0 Å². The molecule has 1 saturated heterocycles. The Balaban J connectivity index is 1.73. The number of benzene rings is 1. The number of halogens is 1. The number of carbonyl (C=O) groups excluding carboxylic acids is 1. The molecule has 1 fully saturated rings. The van der Waals surface area contributed by atoms with E-state index < -0.39 is 10.0 Å². The lowest BCUT2D eigenvalue weighted by atomic mass is 9.92. The fourth-order valence-electron chi connectivity index (χ4n) is 2.86. The third-order valence-electron chi connectivity index (χ3n) is 4.66. The molecule has 0 aromatic heterocycles. The molecule has 0 radical (unpaired) electrons. The standard InChI is InChI=1S/C19H30BrN3O3S/c1-19(2,3)9-11-22-12-14-23(15-13-22)18(24)8-10-21-27(25,26)17-6-4-16(20)5-7-17/h4-7,21H,8-15H2,1-3H3. The molecule has 27 heavy (non-hydrogen) atoms. The van der Waals surface area contributed by atoms with Crippen molar-refractivity contribution in [3.63, 3.8) is 0 Å². The molecule has 1 aliphatic rings. The zero-order chi connectivity index (χ0) is 20.1. The van der Waals surface area contributed by atoms with Gasteiger partial charge in [-0.25, -0.2) is 13.1 Å². The number of piperazine rings is 1. The number of nitrogens with zero attached hydrogens (tertiary/aromatic N) is 2. The third-order valence-corrected chi connectivity index (χ3v) is 6.66. The van der Waals surface area contributed by atoms with Gasteiger partial charge in [-0.15, -0.1) is 0 Å². The lowest BCUT2D eigenvalue weighted by molar-refractivity contribution is -0.132. The molecule has 8 heteroatoms. The Kier molecular flexibility index (Phi) is 7.85. The maximum absolute atomic E-state index is 12.4. The molecule has 2 rings (SSSR count). The van der Waals surface area contributed by atoms with Crippen molar-refractivity contribution in [1.82, 2.24) is 14.5 Å². The number of nitrogens with one attached hydrogen (secondary N) is 1. The highest BCUT2D eigenvalue weighted by atomic mass is 79.9. The minimum absolute atomic E-state index is 0.00368. The molecular formula is C19H30BrN3O3S. The van der Waals surface area contributed by atoms with Gasteiger partial charge in [0.15, 0.2) is 0 Å². The van der Waals surface area contributed by atoms with Crippen LogP contribution in [0.4, 0.5) is 0 Å². The first-order valence-corrected chi connectivity index (χ1v) is 11.6. The molecule has 1 N–H and O–H groups in total. The Bertz CT molecular complexity index is 722. The number of hydrogen-bond donors (Lipinski definition) is 1. The van der Waals surface area contributed by atoms with E-state index in [1.807, 2.05) is 4.90 Å². The molecule has 0 aliphatic carbocycles. The summed E-state index contributed by atoms with van der Waals surface area (Å²) in [6.45, 7) is 11.1. The minimum atomic E-state index is -3.58. The van der Waals surface area contributed by atoms with Crippen LogP contribution in [0.2, 0.25) is 0 Å². The maximum Gasteiger partial charge on any atom is 0.240 e. The van der Waals surface area contributed by atoms with E-state index in [4.69, 9.17) is 0 Å². The summed E-state index contributed by atoms with van der Waals surface area (Å²) in [7, 11) is -3.58. The summed E-state index contributed by atoms with van der Waals surface area (Å²) in [5.41, 5.74) is 0.318. The van der Waals surface area contributed by atoms with Gasteiger partial charge in [0, 0.05) is 43.6 Å². The zero-order valence-electron chi connectivity index (χ0n) is 16.4. The van der Waals surface area contributed by atoms with Gasteiger partial charge in [-0.3, -0.25) is 9.69 Å². The van der Waals surface area contributed by atoms with Crippen LogP contribution < -0.4 is 4.72 Å². The average Bonchev–Trinajstić information content (AvgIpc) is 2.60. The predicted molar refractivity (Wildman–Crippen MR) is 111 cm³/mol. The number of sulfonamides is 1. The van der Waals surface area contributed by atoms with Gasteiger partial charge in [0.2, 0.25) is 15.9 Å². The summed E-state index contributed by atoms with van der Waals surface area (Å²) in [5, 5.41) is 0. The second-order valence-corrected chi connectivity index (χ2v) is 10.8. The number of amides is 1. The second kappa shape index (κ2) is 9.49. The lowest BCUT2D eigenvalue weighted by Gasteiger charge is -2.36. The summed E-state index contributed by atoms with van der Waals surface area (Å²) < 4.78 is 27.8. The highest BCUT2D eigenvalue weighted by molar-refractivity contribution is 9.10. The van der Waals surface area contributed by atoms with Crippen LogP contribution in [0.1, 0.15) is 33.6 Å². The summed E-state index contributed by atoms with van der Waals surface area (Å²) in [5.74, 6) is 0.00368. The Morgan fingerprint density at radius 2 is 1.70 bits per heavy atom. The Morgan fingerprint density at radius 1 is 1.11 bits per heavy atom. The van der Waals surface area contributed by atoms with Crippen molar-refractivity contribution < 1.29 is 13.2 Å².